The van der Waals surface area contributed by atoms with Crippen molar-refractivity contribution in [3.63, 3.8) is 0 Å². The van der Waals surface area contributed by atoms with Crippen LogP contribution < -0.4 is 5.73 Å². The van der Waals surface area contributed by atoms with Crippen molar-refractivity contribution < 1.29 is 0 Å². The zero-order valence-corrected chi connectivity index (χ0v) is 10.9. The average molecular weight is 252 g/mol. The first kappa shape index (κ1) is 11.8. The van der Waals surface area contributed by atoms with E-state index < -0.39 is 0 Å². The van der Waals surface area contributed by atoms with Crippen LogP contribution in [0.2, 0.25) is 0 Å². The second-order valence-electron chi connectivity index (χ2n) is 5.12. The zero-order valence-electron chi connectivity index (χ0n) is 10.9. The van der Waals surface area contributed by atoms with E-state index in [2.05, 4.69) is 30.2 Å². The Labute approximate surface area is 112 Å². The Morgan fingerprint density at radius 1 is 1.42 bits per heavy atom. The minimum atomic E-state index is 0.440. The predicted molar refractivity (Wildman–Crippen MR) is 73.6 cm³/mol. The summed E-state index contributed by atoms with van der Waals surface area (Å²) in [5.41, 5.74) is 9.90. The van der Waals surface area contributed by atoms with E-state index in [1.165, 1.54) is 11.1 Å². The smallest absolute Gasteiger partial charge is 0.140 e. The lowest BCUT2D eigenvalue weighted by Crippen LogP contribution is -2.07. The van der Waals surface area contributed by atoms with Gasteiger partial charge in [0.15, 0.2) is 0 Å². The van der Waals surface area contributed by atoms with Crippen molar-refractivity contribution in [3.8, 4) is 6.07 Å². The third-order valence-electron chi connectivity index (χ3n) is 3.68. The fourth-order valence-electron chi connectivity index (χ4n) is 2.32. The van der Waals surface area contributed by atoms with Gasteiger partial charge in [0, 0.05) is 5.92 Å². The minimum Gasteiger partial charge on any atom is -0.383 e. The van der Waals surface area contributed by atoms with Gasteiger partial charge in [-0.05, 0) is 30.9 Å². The summed E-state index contributed by atoms with van der Waals surface area (Å²) in [7, 11) is 0. The summed E-state index contributed by atoms with van der Waals surface area (Å²) in [4.78, 5) is 0. The molecule has 0 unspecified atom stereocenters. The average Bonchev–Trinajstić information content (AvgIpc) is 3.19. The van der Waals surface area contributed by atoms with Gasteiger partial charge in [-0.25, -0.2) is 4.68 Å². The first-order valence-corrected chi connectivity index (χ1v) is 6.51. The number of rotatable bonds is 3. The summed E-state index contributed by atoms with van der Waals surface area (Å²) in [5.74, 6) is 0.933. The molecule has 19 heavy (non-hydrogen) atoms. The van der Waals surface area contributed by atoms with Crippen LogP contribution in [-0.2, 0) is 6.54 Å². The van der Waals surface area contributed by atoms with Crippen molar-refractivity contribution in [2.75, 3.05) is 5.73 Å². The van der Waals surface area contributed by atoms with Crippen molar-refractivity contribution in [2.24, 2.45) is 0 Å². The van der Waals surface area contributed by atoms with Crippen molar-refractivity contribution >= 4 is 5.82 Å². The van der Waals surface area contributed by atoms with Crippen LogP contribution in [0.1, 0.15) is 41.1 Å². The van der Waals surface area contributed by atoms with Gasteiger partial charge in [-0.15, -0.1) is 0 Å². The van der Waals surface area contributed by atoms with Crippen LogP contribution in [0, 0.1) is 18.3 Å². The number of nitrogens with zero attached hydrogens (tertiary/aromatic N) is 3. The summed E-state index contributed by atoms with van der Waals surface area (Å²) in [6, 6.07) is 10.4. The molecular weight excluding hydrogens is 236 g/mol. The van der Waals surface area contributed by atoms with E-state index in [4.69, 9.17) is 5.73 Å². The number of nitriles is 1. The first-order chi connectivity index (χ1) is 9.20. The number of aryl methyl sites for hydroxylation is 1. The Bertz CT molecular complexity index is 659. The van der Waals surface area contributed by atoms with Crippen LogP contribution in [0.4, 0.5) is 5.82 Å². The highest BCUT2D eigenvalue weighted by atomic mass is 15.3. The van der Waals surface area contributed by atoms with Gasteiger partial charge >= 0.3 is 0 Å². The Morgan fingerprint density at radius 2 is 2.16 bits per heavy atom. The van der Waals surface area contributed by atoms with E-state index in [-0.39, 0.29) is 0 Å². The normalized spacial score (nSPS) is 14.3. The Morgan fingerprint density at radius 3 is 2.79 bits per heavy atom. The quantitative estimate of drug-likeness (QED) is 0.912. The fourth-order valence-corrected chi connectivity index (χ4v) is 2.32. The van der Waals surface area contributed by atoms with Gasteiger partial charge in [0.2, 0.25) is 0 Å². The van der Waals surface area contributed by atoms with Crippen LogP contribution in [0.3, 0.4) is 0 Å². The largest absolute Gasteiger partial charge is 0.383 e. The Kier molecular flexibility index (Phi) is 2.75. The third kappa shape index (κ3) is 2.08. The van der Waals surface area contributed by atoms with Crippen molar-refractivity contribution in [3.05, 3.63) is 46.6 Å². The molecule has 0 saturated heterocycles. The number of nitrogens with two attached hydrogens (primary N) is 1. The number of benzene rings is 1. The molecule has 1 fully saturated rings. The van der Waals surface area contributed by atoms with Gasteiger partial charge in [-0.1, -0.05) is 24.3 Å². The van der Waals surface area contributed by atoms with E-state index in [1.54, 1.807) is 4.68 Å². The van der Waals surface area contributed by atoms with Crippen LogP contribution in [0.25, 0.3) is 0 Å². The van der Waals surface area contributed by atoms with Crippen LogP contribution >= 0.6 is 0 Å². The lowest BCUT2D eigenvalue weighted by molar-refractivity contribution is 0.679. The molecule has 96 valence electrons. The van der Waals surface area contributed by atoms with Gasteiger partial charge in [-0.2, -0.15) is 10.4 Å². The summed E-state index contributed by atoms with van der Waals surface area (Å²) in [6.45, 7) is 2.70. The van der Waals surface area contributed by atoms with Gasteiger partial charge < -0.3 is 5.73 Å². The van der Waals surface area contributed by atoms with Gasteiger partial charge in [0.25, 0.3) is 0 Å². The molecule has 0 aliphatic heterocycles. The highest BCUT2D eigenvalue weighted by Gasteiger charge is 2.31. The van der Waals surface area contributed by atoms with Crippen molar-refractivity contribution in [1.29, 1.82) is 5.26 Å². The second-order valence-corrected chi connectivity index (χ2v) is 5.12. The number of hydrogen-bond acceptors (Lipinski definition) is 3. The molecule has 0 atom stereocenters. The van der Waals surface area contributed by atoms with Gasteiger partial charge in [-0.3, -0.25) is 0 Å². The monoisotopic (exact) mass is 252 g/mol. The molecule has 0 radical (unpaired) electrons. The summed E-state index contributed by atoms with van der Waals surface area (Å²) in [5, 5.41) is 13.8. The number of nitrogen functional groups attached to an aromatic ring is 1. The number of aromatic nitrogens is 2. The number of hydrogen-bond donors (Lipinski definition) is 1. The van der Waals surface area contributed by atoms with E-state index in [0.29, 0.717) is 23.8 Å². The molecule has 0 spiro atoms. The fraction of sp³-hybridized carbons (Fsp3) is 0.333. The maximum Gasteiger partial charge on any atom is 0.140 e. The van der Waals surface area contributed by atoms with Crippen molar-refractivity contribution in [2.45, 2.75) is 32.2 Å². The summed E-state index contributed by atoms with van der Waals surface area (Å²) < 4.78 is 1.76. The molecular formula is C15H16N4. The van der Waals surface area contributed by atoms with E-state index in [0.717, 1.165) is 18.5 Å². The third-order valence-corrected chi connectivity index (χ3v) is 3.68. The number of anilines is 1. The van der Waals surface area contributed by atoms with E-state index >= 15 is 0 Å². The molecule has 0 amide bonds. The molecule has 1 heterocycles. The van der Waals surface area contributed by atoms with Crippen LogP contribution in [0.15, 0.2) is 24.3 Å². The highest BCUT2D eigenvalue weighted by Crippen LogP contribution is 2.42. The lowest BCUT2D eigenvalue weighted by Gasteiger charge is -2.07. The summed E-state index contributed by atoms with van der Waals surface area (Å²) in [6.07, 6.45) is 2.24. The zero-order chi connectivity index (χ0) is 13.4. The molecule has 1 aliphatic carbocycles. The minimum absolute atomic E-state index is 0.440. The van der Waals surface area contributed by atoms with Gasteiger partial charge in [0.1, 0.15) is 17.5 Å². The molecule has 2 aromatic rings. The molecule has 2 N–H and O–H groups in total. The Hall–Kier alpha value is -2.28. The second kappa shape index (κ2) is 4.43. The van der Waals surface area contributed by atoms with Gasteiger partial charge in [0.05, 0.1) is 12.2 Å². The van der Waals surface area contributed by atoms with E-state index in [1.807, 2.05) is 12.1 Å². The molecule has 4 nitrogen and oxygen atoms in total. The molecule has 4 heteroatoms. The predicted octanol–water partition coefficient (Wildman–Crippen LogP) is 2.57. The highest BCUT2D eigenvalue weighted by molar-refractivity contribution is 5.54. The lowest BCUT2D eigenvalue weighted by atomic mass is 10.1. The topological polar surface area (TPSA) is 67.6 Å². The van der Waals surface area contributed by atoms with E-state index in [9.17, 15) is 5.26 Å². The Balaban J connectivity index is 1.98. The molecule has 1 aliphatic rings. The molecule has 1 saturated carbocycles. The maximum atomic E-state index is 9.23. The molecule has 1 aromatic heterocycles. The molecule has 3 rings (SSSR count). The van der Waals surface area contributed by atoms with Crippen LogP contribution in [0.5, 0.6) is 0 Å². The first-order valence-electron chi connectivity index (χ1n) is 6.51. The standard InChI is InChI=1S/C15H16N4/c1-10-4-2-3-5-12(10)9-19-15(17)13(8-16)14(18-19)11-6-7-11/h2-5,11H,6-7,9,17H2,1H3. The SMILES string of the molecule is Cc1ccccc1Cn1nc(C2CC2)c(C#N)c1N. The van der Waals surface area contributed by atoms with Crippen LogP contribution in [-0.4, -0.2) is 9.78 Å². The molecule has 0 bridgehead atoms. The summed E-state index contributed by atoms with van der Waals surface area (Å²) >= 11 is 0. The van der Waals surface area contributed by atoms with Crippen molar-refractivity contribution in [1.82, 2.24) is 9.78 Å². The molecule has 1 aromatic carbocycles. The maximum absolute atomic E-state index is 9.23.